The Kier molecular flexibility index (Phi) is 5.83. The molecule has 0 unspecified atom stereocenters. The zero-order valence-corrected chi connectivity index (χ0v) is 19.1. The molecule has 1 atom stereocenters. The molecule has 2 aromatic heterocycles. The number of aromatic nitrogens is 1. The molecule has 0 radical (unpaired) electrons. The van der Waals surface area contributed by atoms with E-state index >= 15 is 0 Å². The number of carbonyl (C=O) groups is 2. The van der Waals surface area contributed by atoms with Crippen molar-refractivity contribution in [1.29, 1.82) is 0 Å². The zero-order valence-electron chi connectivity index (χ0n) is 18.3. The molecule has 0 bridgehead atoms. The van der Waals surface area contributed by atoms with Crippen LogP contribution in [0.5, 0.6) is 0 Å². The molecule has 2 fully saturated rings. The minimum absolute atomic E-state index is 0.0140. The second kappa shape index (κ2) is 8.90. The number of nitrogens with one attached hydrogen (secondary N) is 1. The zero-order chi connectivity index (χ0) is 22.1. The number of fused-ring (bicyclic) bond motifs is 1. The van der Waals surface area contributed by atoms with Crippen molar-refractivity contribution < 1.29 is 9.59 Å². The fraction of sp³-hybridized carbons (Fsp3) is 0.400. The lowest BCUT2D eigenvalue weighted by Crippen LogP contribution is -2.44. The SMILES string of the molecule is CN(C(=O)C1CCC1)[C@H]1CCN(C(=O)c2ccc(NCc3csc4ccccc34)nc2)C1. The van der Waals surface area contributed by atoms with Gasteiger partial charge in [0, 0.05) is 43.5 Å². The van der Waals surface area contributed by atoms with Gasteiger partial charge in [0.05, 0.1) is 11.6 Å². The third-order valence-electron chi connectivity index (χ3n) is 6.83. The molecule has 1 saturated heterocycles. The molecule has 1 saturated carbocycles. The first-order valence-electron chi connectivity index (χ1n) is 11.3. The van der Waals surface area contributed by atoms with Gasteiger partial charge >= 0.3 is 0 Å². The number of rotatable bonds is 6. The van der Waals surface area contributed by atoms with E-state index in [4.69, 9.17) is 0 Å². The van der Waals surface area contributed by atoms with Crippen LogP contribution in [0.4, 0.5) is 5.82 Å². The van der Waals surface area contributed by atoms with Gasteiger partial charge in [0.1, 0.15) is 5.82 Å². The van der Waals surface area contributed by atoms with Crippen molar-refractivity contribution in [3.05, 3.63) is 59.1 Å². The molecule has 6 nitrogen and oxygen atoms in total. The lowest BCUT2D eigenvalue weighted by Gasteiger charge is -2.32. The predicted octanol–water partition coefficient (Wildman–Crippen LogP) is 4.38. The van der Waals surface area contributed by atoms with Crippen molar-refractivity contribution in [1.82, 2.24) is 14.8 Å². The number of hydrogen-bond donors (Lipinski definition) is 1. The van der Waals surface area contributed by atoms with Crippen LogP contribution in [0, 0.1) is 5.92 Å². The summed E-state index contributed by atoms with van der Waals surface area (Å²) in [5, 5.41) is 6.80. The first kappa shape index (κ1) is 20.9. The first-order valence-corrected chi connectivity index (χ1v) is 12.2. The van der Waals surface area contributed by atoms with Crippen molar-refractivity contribution in [2.75, 3.05) is 25.5 Å². The maximum atomic E-state index is 13.0. The number of carbonyl (C=O) groups excluding carboxylic acids is 2. The van der Waals surface area contributed by atoms with E-state index in [0.717, 1.165) is 31.5 Å². The number of likely N-dealkylation sites (tertiary alicyclic amines) is 1. The van der Waals surface area contributed by atoms with Gasteiger partial charge in [-0.25, -0.2) is 4.98 Å². The summed E-state index contributed by atoms with van der Waals surface area (Å²) in [6.07, 6.45) is 5.65. The van der Waals surface area contributed by atoms with Crippen molar-refractivity contribution >= 4 is 39.1 Å². The fourth-order valence-electron chi connectivity index (χ4n) is 4.53. The quantitative estimate of drug-likeness (QED) is 0.608. The third kappa shape index (κ3) is 4.09. The van der Waals surface area contributed by atoms with Crippen LogP contribution in [0.3, 0.4) is 0 Å². The Bertz CT molecular complexity index is 1120. The van der Waals surface area contributed by atoms with Gasteiger partial charge in [-0.05, 0) is 53.8 Å². The fourth-order valence-corrected chi connectivity index (χ4v) is 5.49. The summed E-state index contributed by atoms with van der Waals surface area (Å²) in [6, 6.07) is 12.2. The lowest BCUT2D eigenvalue weighted by atomic mass is 9.84. The molecule has 7 heteroatoms. The average molecular weight is 449 g/mol. The Morgan fingerprint density at radius 1 is 1.19 bits per heavy atom. The summed E-state index contributed by atoms with van der Waals surface area (Å²) in [6.45, 7) is 1.97. The lowest BCUT2D eigenvalue weighted by molar-refractivity contribution is -0.138. The van der Waals surface area contributed by atoms with Gasteiger partial charge in [-0.1, -0.05) is 24.6 Å². The van der Waals surface area contributed by atoms with Crippen LogP contribution in [0.2, 0.25) is 0 Å². The molecule has 2 amide bonds. The Labute approximate surface area is 192 Å². The number of amides is 2. The van der Waals surface area contributed by atoms with Gasteiger partial charge in [0.15, 0.2) is 0 Å². The van der Waals surface area contributed by atoms with Crippen molar-refractivity contribution in [3.63, 3.8) is 0 Å². The number of pyridine rings is 1. The largest absolute Gasteiger partial charge is 0.366 e. The third-order valence-corrected chi connectivity index (χ3v) is 7.84. The number of likely N-dealkylation sites (N-methyl/N-ethyl adjacent to an activating group) is 1. The number of hydrogen-bond acceptors (Lipinski definition) is 5. The van der Waals surface area contributed by atoms with E-state index in [1.807, 2.05) is 29.0 Å². The van der Waals surface area contributed by atoms with Crippen LogP contribution < -0.4 is 5.32 Å². The number of benzene rings is 1. The topological polar surface area (TPSA) is 65.5 Å². The van der Waals surface area contributed by atoms with Crippen LogP contribution in [0.15, 0.2) is 48.0 Å². The Morgan fingerprint density at radius 2 is 2.03 bits per heavy atom. The molecule has 1 aromatic carbocycles. The highest BCUT2D eigenvalue weighted by molar-refractivity contribution is 7.17. The van der Waals surface area contributed by atoms with Crippen LogP contribution in [-0.2, 0) is 11.3 Å². The summed E-state index contributed by atoms with van der Waals surface area (Å²) in [7, 11) is 1.89. The van der Waals surface area contributed by atoms with Gasteiger partial charge in [-0.15, -0.1) is 11.3 Å². The molecule has 32 heavy (non-hydrogen) atoms. The van der Waals surface area contributed by atoms with Gasteiger partial charge in [-0.3, -0.25) is 9.59 Å². The number of anilines is 1. The van der Waals surface area contributed by atoms with E-state index < -0.39 is 0 Å². The van der Waals surface area contributed by atoms with Crippen LogP contribution in [0.25, 0.3) is 10.1 Å². The van der Waals surface area contributed by atoms with E-state index in [1.165, 1.54) is 15.6 Å². The Hall–Kier alpha value is -2.93. The van der Waals surface area contributed by atoms with E-state index in [2.05, 4.69) is 39.9 Å². The van der Waals surface area contributed by atoms with E-state index in [9.17, 15) is 9.59 Å². The highest BCUT2D eigenvalue weighted by Gasteiger charge is 2.35. The monoisotopic (exact) mass is 448 g/mol. The van der Waals surface area contributed by atoms with E-state index in [-0.39, 0.29) is 23.8 Å². The normalized spacial score (nSPS) is 18.5. The van der Waals surface area contributed by atoms with E-state index in [0.29, 0.717) is 25.2 Å². The molecular formula is C25H28N4O2S. The summed E-state index contributed by atoms with van der Waals surface area (Å²) in [5.74, 6) is 1.17. The second-order valence-corrected chi connectivity index (χ2v) is 9.72. The van der Waals surface area contributed by atoms with Crippen LogP contribution in [0.1, 0.15) is 41.6 Å². The number of thiophene rings is 1. The summed E-state index contributed by atoms with van der Waals surface area (Å²) < 4.78 is 1.28. The van der Waals surface area contributed by atoms with Crippen molar-refractivity contribution in [2.45, 2.75) is 38.3 Å². The Balaban J connectivity index is 1.17. The molecule has 3 heterocycles. The van der Waals surface area contributed by atoms with E-state index in [1.54, 1.807) is 17.5 Å². The standard InChI is InChI=1S/C25H28N4O2S/c1-28(24(30)17-5-4-6-17)20-11-12-29(15-20)25(31)18-9-10-23(26-13-18)27-14-19-16-32-22-8-3-2-7-21(19)22/h2-3,7-10,13,16-17,20H,4-6,11-12,14-15H2,1H3,(H,26,27)/t20-/m0/s1. The van der Waals surface area contributed by atoms with Gasteiger partial charge in [-0.2, -0.15) is 0 Å². The van der Waals surface area contributed by atoms with Gasteiger partial charge in [0.2, 0.25) is 5.91 Å². The Morgan fingerprint density at radius 3 is 2.78 bits per heavy atom. The van der Waals surface area contributed by atoms with Crippen molar-refractivity contribution in [2.24, 2.45) is 5.92 Å². The maximum Gasteiger partial charge on any atom is 0.255 e. The minimum atomic E-state index is -0.0140. The first-order chi connectivity index (χ1) is 15.6. The second-order valence-electron chi connectivity index (χ2n) is 8.81. The molecule has 5 rings (SSSR count). The summed E-state index contributed by atoms with van der Waals surface area (Å²) >= 11 is 1.74. The molecule has 0 spiro atoms. The molecule has 3 aromatic rings. The number of nitrogens with zero attached hydrogens (tertiary/aromatic N) is 3. The molecule has 1 aliphatic heterocycles. The predicted molar refractivity (Wildman–Crippen MR) is 128 cm³/mol. The molecule has 1 aliphatic carbocycles. The maximum absolute atomic E-state index is 13.0. The van der Waals surface area contributed by atoms with Gasteiger partial charge in [0.25, 0.3) is 5.91 Å². The summed E-state index contributed by atoms with van der Waals surface area (Å²) in [5.41, 5.74) is 1.83. The highest BCUT2D eigenvalue weighted by Crippen LogP contribution is 2.30. The minimum Gasteiger partial charge on any atom is -0.366 e. The summed E-state index contributed by atoms with van der Waals surface area (Å²) in [4.78, 5) is 33.6. The smallest absolute Gasteiger partial charge is 0.255 e. The van der Waals surface area contributed by atoms with Gasteiger partial charge < -0.3 is 15.1 Å². The molecule has 2 aliphatic rings. The molecule has 166 valence electrons. The molecule has 1 N–H and O–H groups in total. The highest BCUT2D eigenvalue weighted by atomic mass is 32.1. The van der Waals surface area contributed by atoms with Crippen LogP contribution in [-0.4, -0.2) is 52.8 Å². The van der Waals surface area contributed by atoms with Crippen LogP contribution >= 0.6 is 11.3 Å². The molecular weight excluding hydrogens is 420 g/mol. The average Bonchev–Trinajstić information content (AvgIpc) is 3.43. The van der Waals surface area contributed by atoms with Crippen molar-refractivity contribution in [3.8, 4) is 0 Å².